The van der Waals surface area contributed by atoms with E-state index < -0.39 is 0 Å². The minimum atomic E-state index is -0.0737. The first kappa shape index (κ1) is 21.5. The molecule has 0 amide bonds. The van der Waals surface area contributed by atoms with E-state index in [1.165, 1.54) is 77.0 Å². The molecular formula is C29H48O. The Kier molecular flexibility index (Phi) is 5.48. The van der Waals surface area contributed by atoms with Gasteiger partial charge >= 0.3 is 0 Å². The Hall–Kier alpha value is -0.300. The van der Waals surface area contributed by atoms with Gasteiger partial charge in [0.05, 0.1) is 6.10 Å². The lowest BCUT2D eigenvalue weighted by molar-refractivity contribution is -0.0517. The Labute approximate surface area is 186 Å². The molecule has 5 aliphatic rings. The summed E-state index contributed by atoms with van der Waals surface area (Å²) in [7, 11) is 0. The summed E-state index contributed by atoms with van der Waals surface area (Å²) >= 11 is 0. The van der Waals surface area contributed by atoms with Gasteiger partial charge in [0.2, 0.25) is 0 Å². The van der Waals surface area contributed by atoms with Gasteiger partial charge in [0, 0.05) is 0 Å². The van der Waals surface area contributed by atoms with Crippen LogP contribution in [0, 0.1) is 45.8 Å². The maximum Gasteiger partial charge on any atom is 0.0577 e. The van der Waals surface area contributed by atoms with Crippen LogP contribution in [-0.2, 0) is 0 Å². The molecule has 0 saturated heterocycles. The van der Waals surface area contributed by atoms with Gasteiger partial charge in [0.1, 0.15) is 0 Å². The Morgan fingerprint density at radius 3 is 2.50 bits per heavy atom. The minimum Gasteiger partial charge on any atom is -0.393 e. The molecule has 170 valence electrons. The van der Waals surface area contributed by atoms with Crippen LogP contribution < -0.4 is 0 Å². The van der Waals surface area contributed by atoms with Crippen LogP contribution in [0.2, 0.25) is 0 Å². The van der Waals surface area contributed by atoms with Gasteiger partial charge in [-0.15, -0.1) is 0 Å². The van der Waals surface area contributed by atoms with Crippen LogP contribution in [0.5, 0.6) is 0 Å². The fourth-order valence-corrected chi connectivity index (χ4v) is 9.67. The molecule has 7 atom stereocenters. The van der Waals surface area contributed by atoms with Gasteiger partial charge in [0.15, 0.2) is 0 Å². The van der Waals surface area contributed by atoms with Crippen LogP contribution in [0.15, 0.2) is 11.6 Å². The number of rotatable bonds is 5. The third kappa shape index (κ3) is 3.19. The highest BCUT2D eigenvalue weighted by Gasteiger charge is 2.58. The topological polar surface area (TPSA) is 20.2 Å². The molecule has 5 rings (SSSR count). The maximum atomic E-state index is 10.2. The van der Waals surface area contributed by atoms with Gasteiger partial charge in [-0.1, -0.05) is 52.2 Å². The minimum absolute atomic E-state index is 0.0737. The van der Waals surface area contributed by atoms with Crippen molar-refractivity contribution in [2.24, 2.45) is 45.8 Å². The lowest BCUT2D eigenvalue weighted by Gasteiger charge is -2.58. The molecule has 0 spiro atoms. The summed E-state index contributed by atoms with van der Waals surface area (Å²) in [4.78, 5) is 0. The number of hydrogen-bond donors (Lipinski definition) is 1. The van der Waals surface area contributed by atoms with Gasteiger partial charge in [-0.05, 0) is 123 Å². The van der Waals surface area contributed by atoms with Crippen LogP contribution in [0.3, 0.4) is 0 Å². The molecular weight excluding hydrogens is 364 g/mol. The summed E-state index contributed by atoms with van der Waals surface area (Å²) in [5.74, 6) is 4.64. The third-order valence-corrected chi connectivity index (χ3v) is 12.1. The first-order valence-electron chi connectivity index (χ1n) is 13.7. The van der Waals surface area contributed by atoms with Crippen molar-refractivity contribution in [1.29, 1.82) is 0 Å². The van der Waals surface area contributed by atoms with Crippen molar-refractivity contribution in [2.45, 2.75) is 124 Å². The highest BCUT2D eigenvalue weighted by molar-refractivity contribution is 5.25. The summed E-state index contributed by atoms with van der Waals surface area (Å²) < 4.78 is 0. The zero-order chi connectivity index (χ0) is 21.1. The number of aliphatic hydroxyl groups is 1. The second-order valence-electron chi connectivity index (χ2n) is 13.2. The monoisotopic (exact) mass is 412 g/mol. The van der Waals surface area contributed by atoms with Crippen LogP contribution in [0.25, 0.3) is 0 Å². The SMILES string of the molecule is CC(C)C1(CCCC2CCC3C4CC=C5CC(O)CCC5(C)C4CCC23C)CCC1. The van der Waals surface area contributed by atoms with Gasteiger partial charge in [-0.3, -0.25) is 0 Å². The number of hydrogen-bond acceptors (Lipinski definition) is 1. The first-order valence-corrected chi connectivity index (χ1v) is 13.7. The highest BCUT2D eigenvalue weighted by atomic mass is 16.3. The summed E-state index contributed by atoms with van der Waals surface area (Å²) in [6, 6.07) is 0. The molecule has 0 bridgehead atoms. The second-order valence-corrected chi connectivity index (χ2v) is 13.2. The molecule has 0 aromatic heterocycles. The maximum absolute atomic E-state index is 10.2. The molecule has 1 N–H and O–H groups in total. The van der Waals surface area contributed by atoms with E-state index in [1.807, 2.05) is 0 Å². The fraction of sp³-hybridized carbons (Fsp3) is 0.931. The standard InChI is InChI=1S/C29H48O/c1-20(2)29(15-6-16-29)14-5-7-21-9-11-25-24-10-8-22-19-23(30)12-17-28(22,4)26(24)13-18-27(21,25)3/h8,20-21,23-26,30H,5-7,9-19H2,1-4H3. The first-order chi connectivity index (χ1) is 14.3. The van der Waals surface area contributed by atoms with E-state index in [0.29, 0.717) is 16.2 Å². The Bertz CT molecular complexity index is 672. The van der Waals surface area contributed by atoms with Gasteiger partial charge in [0.25, 0.3) is 0 Å². The van der Waals surface area contributed by atoms with Gasteiger partial charge in [-0.2, -0.15) is 0 Å². The zero-order valence-corrected chi connectivity index (χ0v) is 20.4. The average molecular weight is 413 g/mol. The molecule has 1 nitrogen and oxygen atoms in total. The summed E-state index contributed by atoms with van der Waals surface area (Å²) in [6.45, 7) is 10.2. The van der Waals surface area contributed by atoms with E-state index >= 15 is 0 Å². The molecule has 4 saturated carbocycles. The molecule has 30 heavy (non-hydrogen) atoms. The molecule has 0 aliphatic heterocycles. The van der Waals surface area contributed by atoms with Crippen molar-refractivity contribution >= 4 is 0 Å². The lowest BCUT2D eigenvalue weighted by Crippen LogP contribution is -2.50. The van der Waals surface area contributed by atoms with E-state index in [0.717, 1.165) is 42.4 Å². The van der Waals surface area contributed by atoms with E-state index in [2.05, 4.69) is 33.8 Å². The van der Waals surface area contributed by atoms with Crippen LogP contribution >= 0.6 is 0 Å². The summed E-state index contributed by atoms with van der Waals surface area (Å²) in [6.07, 6.45) is 22.0. The van der Waals surface area contributed by atoms with E-state index in [1.54, 1.807) is 5.57 Å². The van der Waals surface area contributed by atoms with Crippen molar-refractivity contribution in [3.05, 3.63) is 11.6 Å². The lowest BCUT2D eigenvalue weighted by atomic mass is 9.47. The fourth-order valence-electron chi connectivity index (χ4n) is 9.67. The molecule has 1 heteroatoms. The van der Waals surface area contributed by atoms with Gasteiger partial charge < -0.3 is 5.11 Å². The highest BCUT2D eigenvalue weighted by Crippen LogP contribution is 2.67. The second kappa shape index (κ2) is 7.64. The Balaban J connectivity index is 1.26. The molecule has 0 heterocycles. The van der Waals surface area contributed by atoms with Crippen LogP contribution in [0.1, 0.15) is 118 Å². The van der Waals surface area contributed by atoms with Crippen molar-refractivity contribution in [3.8, 4) is 0 Å². The summed E-state index contributed by atoms with van der Waals surface area (Å²) in [5.41, 5.74) is 3.35. The predicted molar refractivity (Wildman–Crippen MR) is 126 cm³/mol. The van der Waals surface area contributed by atoms with Crippen molar-refractivity contribution < 1.29 is 5.11 Å². The van der Waals surface area contributed by atoms with Crippen molar-refractivity contribution in [2.75, 3.05) is 0 Å². The van der Waals surface area contributed by atoms with Crippen molar-refractivity contribution in [1.82, 2.24) is 0 Å². The predicted octanol–water partition coefficient (Wildman–Crippen LogP) is 7.92. The quantitative estimate of drug-likeness (QED) is 0.455. The molecule has 7 unspecified atom stereocenters. The Morgan fingerprint density at radius 1 is 1.00 bits per heavy atom. The largest absolute Gasteiger partial charge is 0.393 e. The third-order valence-electron chi connectivity index (χ3n) is 12.1. The molecule has 5 aliphatic carbocycles. The number of allylic oxidation sites excluding steroid dienone is 1. The number of aliphatic hydroxyl groups excluding tert-OH is 1. The molecule has 4 fully saturated rings. The van der Waals surface area contributed by atoms with Gasteiger partial charge in [-0.25, -0.2) is 0 Å². The van der Waals surface area contributed by atoms with E-state index in [9.17, 15) is 5.11 Å². The summed E-state index contributed by atoms with van der Waals surface area (Å²) in [5, 5.41) is 10.2. The molecule has 0 aromatic carbocycles. The van der Waals surface area contributed by atoms with Crippen LogP contribution in [0.4, 0.5) is 0 Å². The molecule has 0 radical (unpaired) electrons. The van der Waals surface area contributed by atoms with Crippen molar-refractivity contribution in [3.63, 3.8) is 0 Å². The Morgan fingerprint density at radius 2 is 1.80 bits per heavy atom. The van der Waals surface area contributed by atoms with Crippen LogP contribution in [-0.4, -0.2) is 11.2 Å². The van der Waals surface area contributed by atoms with E-state index in [4.69, 9.17) is 0 Å². The smallest absolute Gasteiger partial charge is 0.0577 e. The number of fused-ring (bicyclic) bond motifs is 5. The molecule has 0 aromatic rings. The van der Waals surface area contributed by atoms with E-state index in [-0.39, 0.29) is 6.10 Å². The normalized spacial score (nSPS) is 47.1. The average Bonchev–Trinajstić information content (AvgIpc) is 3.00. The zero-order valence-electron chi connectivity index (χ0n) is 20.4.